The average Bonchev–Trinajstić information content (AvgIpc) is 2.71. The van der Waals surface area contributed by atoms with Crippen molar-refractivity contribution in [2.45, 2.75) is 38.8 Å². The zero-order valence-corrected chi connectivity index (χ0v) is 17.1. The third kappa shape index (κ3) is 7.33. The molecule has 0 saturated heterocycles. The Morgan fingerprint density at radius 2 is 1.64 bits per heavy atom. The van der Waals surface area contributed by atoms with Gasteiger partial charge in [-0.05, 0) is 43.0 Å². The first-order valence-electron chi connectivity index (χ1n) is 9.99. The Labute approximate surface area is 168 Å². The zero-order chi connectivity index (χ0) is 20.4. The number of amides is 2. The number of aliphatic hydroxyl groups is 1. The molecule has 2 unspecified atom stereocenters. The van der Waals surface area contributed by atoms with E-state index in [9.17, 15) is 9.90 Å². The van der Waals surface area contributed by atoms with E-state index in [1.807, 2.05) is 60.7 Å². The number of hydrogen-bond donors (Lipinski definition) is 3. The lowest BCUT2D eigenvalue weighted by atomic mass is 10.0. The number of anilines is 1. The van der Waals surface area contributed by atoms with Gasteiger partial charge in [0.05, 0.1) is 12.1 Å². The van der Waals surface area contributed by atoms with Gasteiger partial charge in [-0.25, -0.2) is 4.79 Å². The minimum Gasteiger partial charge on any atom is -0.390 e. The van der Waals surface area contributed by atoms with Crippen molar-refractivity contribution in [2.75, 3.05) is 25.0 Å². The number of hydrogen-bond acceptors (Lipinski definition) is 3. The number of carbonyl (C=O) groups is 1. The molecule has 2 aromatic rings. The zero-order valence-electron chi connectivity index (χ0n) is 17.1. The number of rotatable bonds is 10. The Morgan fingerprint density at radius 3 is 2.25 bits per heavy atom. The highest BCUT2D eigenvalue weighted by molar-refractivity contribution is 5.91. The molecule has 5 heteroatoms. The van der Waals surface area contributed by atoms with E-state index >= 15 is 0 Å². The molecule has 28 heavy (non-hydrogen) atoms. The van der Waals surface area contributed by atoms with Crippen LogP contribution in [-0.4, -0.2) is 43.4 Å². The normalized spacial score (nSPS) is 13.2. The van der Waals surface area contributed by atoms with Gasteiger partial charge in [-0.1, -0.05) is 62.4 Å². The van der Waals surface area contributed by atoms with Crippen LogP contribution in [0.5, 0.6) is 0 Å². The van der Waals surface area contributed by atoms with Gasteiger partial charge < -0.3 is 15.7 Å². The van der Waals surface area contributed by atoms with E-state index in [2.05, 4.69) is 24.5 Å². The SMILES string of the molecule is CC(C)CCNCC(O)C(Cc1ccccc1)NC(=O)N(C)c1ccccc1. The summed E-state index contributed by atoms with van der Waals surface area (Å²) in [7, 11) is 1.73. The van der Waals surface area contributed by atoms with Crippen LogP contribution in [0.3, 0.4) is 0 Å². The molecular formula is C23H33N3O2. The molecular weight excluding hydrogens is 350 g/mol. The van der Waals surface area contributed by atoms with E-state index in [4.69, 9.17) is 0 Å². The highest BCUT2D eigenvalue weighted by atomic mass is 16.3. The summed E-state index contributed by atoms with van der Waals surface area (Å²) in [5.74, 6) is 0.615. The van der Waals surface area contributed by atoms with Crippen LogP contribution in [0.1, 0.15) is 25.8 Å². The first kappa shape index (κ1) is 21.9. The molecule has 0 spiro atoms. The maximum atomic E-state index is 12.8. The summed E-state index contributed by atoms with van der Waals surface area (Å²) in [6, 6.07) is 18.8. The number of benzene rings is 2. The lowest BCUT2D eigenvalue weighted by Gasteiger charge is -2.27. The summed E-state index contributed by atoms with van der Waals surface area (Å²) in [5, 5.41) is 17.1. The van der Waals surface area contributed by atoms with Crippen LogP contribution in [0.15, 0.2) is 60.7 Å². The Balaban J connectivity index is 2.01. The van der Waals surface area contributed by atoms with Crippen LogP contribution in [-0.2, 0) is 6.42 Å². The first-order chi connectivity index (χ1) is 13.5. The van der Waals surface area contributed by atoms with Gasteiger partial charge in [0.25, 0.3) is 0 Å². The number of urea groups is 1. The second-order valence-corrected chi connectivity index (χ2v) is 7.59. The predicted molar refractivity (Wildman–Crippen MR) is 116 cm³/mol. The summed E-state index contributed by atoms with van der Waals surface area (Å²) < 4.78 is 0. The summed E-state index contributed by atoms with van der Waals surface area (Å²) in [5.41, 5.74) is 1.89. The van der Waals surface area contributed by atoms with Crippen molar-refractivity contribution in [1.82, 2.24) is 10.6 Å². The molecule has 0 radical (unpaired) electrons. The number of nitrogens with zero attached hydrogens (tertiary/aromatic N) is 1. The van der Waals surface area contributed by atoms with Crippen molar-refractivity contribution in [1.29, 1.82) is 0 Å². The second-order valence-electron chi connectivity index (χ2n) is 7.59. The third-order valence-electron chi connectivity index (χ3n) is 4.77. The topological polar surface area (TPSA) is 64.6 Å². The van der Waals surface area contributed by atoms with E-state index in [1.54, 1.807) is 11.9 Å². The van der Waals surface area contributed by atoms with Gasteiger partial charge in [0, 0.05) is 19.3 Å². The van der Waals surface area contributed by atoms with E-state index in [0.717, 1.165) is 24.2 Å². The van der Waals surface area contributed by atoms with Crippen molar-refractivity contribution in [3.63, 3.8) is 0 Å². The molecule has 0 heterocycles. The summed E-state index contributed by atoms with van der Waals surface area (Å²) in [6.45, 7) is 5.65. The van der Waals surface area contributed by atoms with Crippen LogP contribution in [0.25, 0.3) is 0 Å². The third-order valence-corrected chi connectivity index (χ3v) is 4.77. The van der Waals surface area contributed by atoms with E-state index in [1.165, 1.54) is 0 Å². The number of aliphatic hydroxyl groups excluding tert-OH is 1. The molecule has 0 aliphatic rings. The maximum Gasteiger partial charge on any atom is 0.321 e. The molecule has 2 rings (SSSR count). The fourth-order valence-electron chi connectivity index (χ4n) is 2.96. The minimum absolute atomic E-state index is 0.228. The molecule has 3 N–H and O–H groups in total. The highest BCUT2D eigenvalue weighted by Crippen LogP contribution is 2.12. The number of para-hydroxylation sites is 1. The Kier molecular flexibility index (Phi) is 8.98. The molecule has 0 fully saturated rings. The molecule has 2 atom stereocenters. The van der Waals surface area contributed by atoms with Gasteiger partial charge >= 0.3 is 6.03 Å². The fourth-order valence-corrected chi connectivity index (χ4v) is 2.96. The second kappa shape index (κ2) is 11.5. The molecule has 0 bridgehead atoms. The molecule has 152 valence electrons. The molecule has 2 amide bonds. The lowest BCUT2D eigenvalue weighted by Crippen LogP contribution is -2.52. The van der Waals surface area contributed by atoms with Crippen LogP contribution in [0.2, 0.25) is 0 Å². The molecule has 0 aliphatic heterocycles. The van der Waals surface area contributed by atoms with Crippen molar-refractivity contribution < 1.29 is 9.90 Å². The van der Waals surface area contributed by atoms with Gasteiger partial charge in [-0.2, -0.15) is 0 Å². The van der Waals surface area contributed by atoms with Crippen LogP contribution in [0.4, 0.5) is 10.5 Å². The fraction of sp³-hybridized carbons (Fsp3) is 0.435. The first-order valence-corrected chi connectivity index (χ1v) is 9.99. The lowest BCUT2D eigenvalue weighted by molar-refractivity contribution is 0.127. The van der Waals surface area contributed by atoms with Gasteiger partial charge in [-0.3, -0.25) is 4.90 Å². The van der Waals surface area contributed by atoms with E-state index in [-0.39, 0.29) is 12.1 Å². The molecule has 0 aromatic heterocycles. The van der Waals surface area contributed by atoms with Crippen LogP contribution in [0, 0.1) is 5.92 Å². The molecule has 0 saturated carbocycles. The van der Waals surface area contributed by atoms with Gasteiger partial charge in [0.2, 0.25) is 0 Å². The van der Waals surface area contributed by atoms with Crippen molar-refractivity contribution in [3.8, 4) is 0 Å². The molecule has 5 nitrogen and oxygen atoms in total. The standard InChI is InChI=1S/C23H33N3O2/c1-18(2)14-15-24-17-22(27)21(16-19-10-6-4-7-11-19)25-23(28)26(3)20-12-8-5-9-13-20/h4-13,18,21-22,24,27H,14-17H2,1-3H3,(H,25,28). The van der Waals surface area contributed by atoms with Crippen molar-refractivity contribution in [2.24, 2.45) is 5.92 Å². The Hall–Kier alpha value is -2.37. The summed E-state index contributed by atoms with van der Waals surface area (Å²) in [4.78, 5) is 14.3. The Bertz CT molecular complexity index is 692. The van der Waals surface area contributed by atoms with Crippen LogP contribution < -0.4 is 15.5 Å². The van der Waals surface area contributed by atoms with Crippen molar-refractivity contribution in [3.05, 3.63) is 66.2 Å². The monoisotopic (exact) mass is 383 g/mol. The number of carbonyl (C=O) groups excluding carboxylic acids is 1. The van der Waals surface area contributed by atoms with Crippen LogP contribution >= 0.6 is 0 Å². The van der Waals surface area contributed by atoms with E-state index in [0.29, 0.717) is 18.9 Å². The quantitative estimate of drug-likeness (QED) is 0.551. The molecule has 2 aromatic carbocycles. The van der Waals surface area contributed by atoms with E-state index < -0.39 is 6.10 Å². The smallest absolute Gasteiger partial charge is 0.321 e. The van der Waals surface area contributed by atoms with Crippen molar-refractivity contribution >= 4 is 11.7 Å². The number of nitrogens with one attached hydrogen (secondary N) is 2. The summed E-state index contributed by atoms with van der Waals surface area (Å²) >= 11 is 0. The van der Waals surface area contributed by atoms with Gasteiger partial charge in [0.1, 0.15) is 0 Å². The predicted octanol–water partition coefficient (Wildman–Crippen LogP) is 3.44. The summed E-state index contributed by atoms with van der Waals surface area (Å²) in [6.07, 6.45) is 0.946. The minimum atomic E-state index is -0.680. The van der Waals surface area contributed by atoms with Gasteiger partial charge in [-0.15, -0.1) is 0 Å². The molecule has 0 aliphatic carbocycles. The average molecular weight is 384 g/mol. The highest BCUT2D eigenvalue weighted by Gasteiger charge is 2.23. The maximum absolute atomic E-state index is 12.8. The largest absolute Gasteiger partial charge is 0.390 e. The Morgan fingerprint density at radius 1 is 1.04 bits per heavy atom. The van der Waals surface area contributed by atoms with Gasteiger partial charge in [0.15, 0.2) is 0 Å².